The highest BCUT2D eigenvalue weighted by Gasteiger charge is 2.34. The van der Waals surface area contributed by atoms with Crippen molar-refractivity contribution in [3.8, 4) is 6.07 Å². The molecule has 0 radical (unpaired) electrons. The summed E-state index contributed by atoms with van der Waals surface area (Å²) in [5.74, 6) is 0.355. The van der Waals surface area contributed by atoms with Gasteiger partial charge >= 0.3 is 0 Å². The second-order valence-electron chi connectivity index (χ2n) is 10.1. The molecule has 3 atom stereocenters. The number of allylic oxidation sites excluding steroid dienone is 5. The van der Waals surface area contributed by atoms with Crippen molar-refractivity contribution < 1.29 is 0 Å². The van der Waals surface area contributed by atoms with Crippen LogP contribution in [0, 0.1) is 17.2 Å². The van der Waals surface area contributed by atoms with E-state index < -0.39 is 8.80 Å². The molecule has 2 aromatic rings. The Labute approximate surface area is 210 Å². The zero-order valence-electron chi connectivity index (χ0n) is 20.3. The minimum atomic E-state index is -1.18. The van der Waals surface area contributed by atoms with Crippen LogP contribution in [0.15, 0.2) is 101 Å². The van der Waals surface area contributed by atoms with E-state index in [-0.39, 0.29) is 6.04 Å². The smallest absolute Gasteiger partial charge is 0.135 e. The molecule has 4 heteroatoms. The molecule has 3 nitrogen and oxygen atoms in total. The topological polar surface area (TPSA) is 39.4 Å². The van der Waals surface area contributed by atoms with E-state index in [4.69, 9.17) is 4.99 Å². The molecule has 2 aliphatic carbocycles. The zero-order chi connectivity index (χ0) is 23.8. The third kappa shape index (κ3) is 4.04. The number of anilines is 2. The number of aliphatic imine (C=N–C) groups is 1. The number of hydrogen-bond donors (Lipinski definition) is 0. The largest absolute Gasteiger partial charge is 0.338 e. The molecule has 6 rings (SSSR count). The number of benzene rings is 2. The van der Waals surface area contributed by atoms with Crippen molar-refractivity contribution in [3.63, 3.8) is 0 Å². The molecule has 2 heterocycles. The maximum absolute atomic E-state index is 9.30. The summed E-state index contributed by atoms with van der Waals surface area (Å²) in [5, 5.41) is 12.4. The third-order valence-corrected chi connectivity index (χ3v) is 10.9. The van der Waals surface area contributed by atoms with E-state index in [2.05, 4.69) is 96.4 Å². The molecule has 35 heavy (non-hydrogen) atoms. The molecule has 0 N–H and O–H groups in total. The monoisotopic (exact) mass is 473 g/mol. The predicted octanol–water partition coefficient (Wildman–Crippen LogP) is 5.38. The van der Waals surface area contributed by atoms with Crippen LogP contribution in [-0.4, -0.2) is 26.6 Å². The van der Waals surface area contributed by atoms with Crippen LogP contribution in [-0.2, 0) is 0 Å². The number of dihydropyridines is 1. The van der Waals surface area contributed by atoms with E-state index in [1.165, 1.54) is 28.9 Å². The van der Waals surface area contributed by atoms with Crippen LogP contribution in [0.5, 0.6) is 0 Å². The predicted molar refractivity (Wildman–Crippen MR) is 149 cm³/mol. The summed E-state index contributed by atoms with van der Waals surface area (Å²) in [6, 6.07) is 21.1. The summed E-state index contributed by atoms with van der Waals surface area (Å²) >= 11 is 0. The maximum atomic E-state index is 9.30. The number of nitriles is 1. The molecule has 0 fully saturated rings. The van der Waals surface area contributed by atoms with Crippen molar-refractivity contribution in [1.29, 1.82) is 5.26 Å². The summed E-state index contributed by atoms with van der Waals surface area (Å²) in [4.78, 5) is 7.37. The van der Waals surface area contributed by atoms with Crippen molar-refractivity contribution in [2.75, 3.05) is 4.90 Å². The molecule has 0 aromatic heterocycles. The number of para-hydroxylation sites is 2. The average Bonchev–Trinajstić information content (AvgIpc) is 2.93. The summed E-state index contributed by atoms with van der Waals surface area (Å²) in [6.07, 6.45) is 18.7. The van der Waals surface area contributed by atoms with Gasteiger partial charge < -0.3 is 4.90 Å². The molecule has 2 aromatic carbocycles. The van der Waals surface area contributed by atoms with Gasteiger partial charge in [0.1, 0.15) is 20.6 Å². The molecular weight excluding hydrogens is 442 g/mol. The first-order valence-corrected chi connectivity index (χ1v) is 15.2. The standard InChI is InChI=1S/C31H31N3Si/c1-35-30-17-4-2-15-28(30)34(29-16-3-5-18-31(29)35)26-13-7-10-23(20-26)22-9-6-11-24(19-22)27-14-8-12-25(21-32)33-27/h2-6,8-10,12,15-19,24,26-27,35H,7,11,13-14,20H2,1H3. The first-order valence-electron chi connectivity index (χ1n) is 12.9. The quantitative estimate of drug-likeness (QED) is 0.561. The van der Waals surface area contributed by atoms with Crippen LogP contribution < -0.4 is 15.3 Å². The van der Waals surface area contributed by atoms with Crippen molar-refractivity contribution in [2.24, 2.45) is 10.9 Å². The van der Waals surface area contributed by atoms with Gasteiger partial charge in [-0.2, -0.15) is 5.26 Å². The van der Waals surface area contributed by atoms with Gasteiger partial charge in [0.25, 0.3) is 0 Å². The highest BCUT2D eigenvalue weighted by atomic mass is 28.3. The highest BCUT2D eigenvalue weighted by molar-refractivity contribution is 6.87. The number of fused-ring (bicyclic) bond motifs is 2. The summed E-state index contributed by atoms with van der Waals surface area (Å²) in [7, 11) is -1.18. The lowest BCUT2D eigenvalue weighted by Gasteiger charge is -2.43. The first kappa shape index (κ1) is 22.1. The minimum absolute atomic E-state index is 0.168. The average molecular weight is 474 g/mol. The van der Waals surface area contributed by atoms with Gasteiger partial charge in [0.15, 0.2) is 0 Å². The molecule has 0 spiro atoms. The summed E-state index contributed by atoms with van der Waals surface area (Å²) in [5.41, 5.74) is 6.23. The van der Waals surface area contributed by atoms with E-state index in [0.29, 0.717) is 17.7 Å². The Bertz CT molecular complexity index is 1290. The van der Waals surface area contributed by atoms with Crippen LogP contribution in [0.1, 0.15) is 32.1 Å². The second kappa shape index (κ2) is 9.32. The van der Waals surface area contributed by atoms with Crippen LogP contribution in [0.3, 0.4) is 0 Å². The Morgan fingerprint density at radius 1 is 0.971 bits per heavy atom. The highest BCUT2D eigenvalue weighted by Crippen LogP contribution is 2.38. The molecule has 0 amide bonds. The fraction of sp³-hybridized carbons (Fsp3) is 0.290. The van der Waals surface area contributed by atoms with Gasteiger partial charge in [-0.25, -0.2) is 0 Å². The van der Waals surface area contributed by atoms with Crippen LogP contribution in [0.4, 0.5) is 11.4 Å². The Balaban J connectivity index is 1.30. The molecule has 174 valence electrons. The van der Waals surface area contributed by atoms with Crippen molar-refractivity contribution in [1.82, 2.24) is 0 Å². The normalized spacial score (nSPS) is 25.7. The minimum Gasteiger partial charge on any atom is -0.338 e. The second-order valence-corrected chi connectivity index (χ2v) is 12.8. The number of nitrogens with zero attached hydrogens (tertiary/aromatic N) is 3. The van der Waals surface area contributed by atoms with Crippen LogP contribution in [0.2, 0.25) is 6.55 Å². The van der Waals surface area contributed by atoms with Crippen LogP contribution in [0.25, 0.3) is 0 Å². The molecule has 4 aliphatic rings. The molecule has 0 saturated carbocycles. The lowest BCUT2D eigenvalue weighted by Crippen LogP contribution is -2.52. The molecule has 2 aliphatic heterocycles. The van der Waals surface area contributed by atoms with E-state index >= 15 is 0 Å². The third-order valence-electron chi connectivity index (χ3n) is 8.07. The zero-order valence-corrected chi connectivity index (χ0v) is 21.4. The molecule has 0 bridgehead atoms. The summed E-state index contributed by atoms with van der Waals surface area (Å²) < 4.78 is 0. The number of hydrogen-bond acceptors (Lipinski definition) is 3. The lowest BCUT2D eigenvalue weighted by molar-refractivity contribution is 0.503. The van der Waals surface area contributed by atoms with Crippen molar-refractivity contribution in [2.45, 2.75) is 50.7 Å². The molecule has 3 unspecified atom stereocenters. The Kier molecular flexibility index (Phi) is 5.88. The fourth-order valence-electron chi connectivity index (χ4n) is 6.30. The van der Waals surface area contributed by atoms with Gasteiger partial charge in [-0.15, -0.1) is 0 Å². The van der Waals surface area contributed by atoms with Gasteiger partial charge in [0.2, 0.25) is 0 Å². The van der Waals surface area contributed by atoms with Crippen LogP contribution >= 0.6 is 0 Å². The maximum Gasteiger partial charge on any atom is 0.135 e. The van der Waals surface area contributed by atoms with Crippen molar-refractivity contribution in [3.05, 3.63) is 96.1 Å². The Hall–Kier alpha value is -3.42. The molecular formula is C31H31N3Si. The summed E-state index contributed by atoms with van der Waals surface area (Å²) in [6.45, 7) is 2.47. The van der Waals surface area contributed by atoms with Gasteiger partial charge in [0, 0.05) is 23.3 Å². The van der Waals surface area contributed by atoms with Gasteiger partial charge in [-0.3, -0.25) is 4.99 Å². The fourth-order valence-corrected chi connectivity index (χ4v) is 8.79. The van der Waals surface area contributed by atoms with Gasteiger partial charge in [-0.1, -0.05) is 73.3 Å². The lowest BCUT2D eigenvalue weighted by atomic mass is 9.82. The van der Waals surface area contributed by atoms with Gasteiger partial charge in [-0.05, 0) is 71.8 Å². The Morgan fingerprint density at radius 3 is 2.43 bits per heavy atom. The SMILES string of the molecule is C[SiH]1c2ccccc2N(C2CCC=C(C3=CC(C4CC=CC(C#N)=N4)CC=C3)C2)c2ccccc21. The van der Waals surface area contributed by atoms with E-state index in [1.807, 2.05) is 6.08 Å². The first-order chi connectivity index (χ1) is 17.2. The number of rotatable bonds is 3. The van der Waals surface area contributed by atoms with Crippen molar-refractivity contribution >= 4 is 36.3 Å². The Morgan fingerprint density at radius 2 is 1.69 bits per heavy atom. The van der Waals surface area contributed by atoms with E-state index in [0.717, 1.165) is 25.7 Å². The molecule has 0 saturated heterocycles. The van der Waals surface area contributed by atoms with Gasteiger partial charge in [0.05, 0.1) is 6.04 Å². The van der Waals surface area contributed by atoms with E-state index in [1.54, 1.807) is 10.4 Å². The van der Waals surface area contributed by atoms with E-state index in [9.17, 15) is 5.26 Å².